The van der Waals surface area contributed by atoms with Gasteiger partial charge in [-0.15, -0.1) is 0 Å². The zero-order chi connectivity index (χ0) is 12.6. The Kier molecular flexibility index (Phi) is 6.50. The molecule has 106 valence electrons. The summed E-state index contributed by atoms with van der Waals surface area (Å²) in [6.45, 7) is 3.97. The third kappa shape index (κ3) is 4.55. The predicted molar refractivity (Wildman–Crippen MR) is 78.9 cm³/mol. The summed E-state index contributed by atoms with van der Waals surface area (Å²) in [5, 5.41) is 3.61. The molecule has 18 heavy (non-hydrogen) atoms. The number of likely N-dealkylation sites (tertiary alicyclic amines) is 1. The SMILES string of the molecule is CNC(CN1CCCCCCC1)C1CCCCC1. The molecule has 0 spiro atoms. The maximum Gasteiger partial charge on any atom is 0.0220 e. The second kappa shape index (κ2) is 8.16. The highest BCUT2D eigenvalue weighted by Crippen LogP contribution is 2.27. The molecule has 1 aliphatic carbocycles. The molecule has 0 amide bonds. The Morgan fingerprint density at radius 1 is 0.889 bits per heavy atom. The van der Waals surface area contributed by atoms with Crippen molar-refractivity contribution in [1.82, 2.24) is 10.2 Å². The Balaban J connectivity index is 1.79. The molecule has 2 heteroatoms. The number of nitrogens with zero attached hydrogens (tertiary/aromatic N) is 1. The van der Waals surface area contributed by atoms with E-state index in [1.165, 1.54) is 83.8 Å². The van der Waals surface area contributed by atoms with Crippen molar-refractivity contribution in [3.05, 3.63) is 0 Å². The summed E-state index contributed by atoms with van der Waals surface area (Å²) in [7, 11) is 2.17. The van der Waals surface area contributed by atoms with Gasteiger partial charge in [-0.25, -0.2) is 0 Å². The van der Waals surface area contributed by atoms with Gasteiger partial charge in [-0.1, -0.05) is 38.5 Å². The van der Waals surface area contributed by atoms with Gasteiger partial charge in [0, 0.05) is 12.6 Å². The fraction of sp³-hybridized carbons (Fsp3) is 1.00. The number of rotatable bonds is 4. The van der Waals surface area contributed by atoms with E-state index < -0.39 is 0 Å². The van der Waals surface area contributed by atoms with Crippen LogP contribution in [-0.2, 0) is 0 Å². The molecule has 1 saturated carbocycles. The van der Waals surface area contributed by atoms with Gasteiger partial charge < -0.3 is 10.2 Å². The summed E-state index contributed by atoms with van der Waals surface area (Å²) in [4.78, 5) is 2.73. The van der Waals surface area contributed by atoms with E-state index in [4.69, 9.17) is 0 Å². The van der Waals surface area contributed by atoms with Crippen molar-refractivity contribution in [2.45, 2.75) is 70.3 Å². The predicted octanol–water partition coefficient (Wildman–Crippen LogP) is 3.42. The van der Waals surface area contributed by atoms with Crippen molar-refractivity contribution in [2.24, 2.45) is 5.92 Å². The van der Waals surface area contributed by atoms with Crippen LogP contribution < -0.4 is 5.32 Å². The summed E-state index contributed by atoms with van der Waals surface area (Å²) in [5.74, 6) is 0.939. The third-order valence-electron chi connectivity index (χ3n) is 4.99. The van der Waals surface area contributed by atoms with Crippen molar-refractivity contribution < 1.29 is 0 Å². The van der Waals surface area contributed by atoms with Crippen LogP contribution in [0.4, 0.5) is 0 Å². The minimum atomic E-state index is 0.740. The lowest BCUT2D eigenvalue weighted by molar-refractivity contribution is 0.178. The van der Waals surface area contributed by atoms with E-state index in [-0.39, 0.29) is 0 Å². The fourth-order valence-corrected chi connectivity index (χ4v) is 3.79. The van der Waals surface area contributed by atoms with Crippen LogP contribution in [-0.4, -0.2) is 37.6 Å². The van der Waals surface area contributed by atoms with Crippen LogP contribution >= 0.6 is 0 Å². The second-order valence-electron chi connectivity index (χ2n) is 6.36. The summed E-state index contributed by atoms with van der Waals surface area (Å²) >= 11 is 0. The molecule has 0 aromatic rings. The molecule has 1 atom stereocenters. The van der Waals surface area contributed by atoms with E-state index in [9.17, 15) is 0 Å². The summed E-state index contributed by atoms with van der Waals surface area (Å²) in [6, 6.07) is 0.740. The molecule has 2 aliphatic rings. The molecule has 1 unspecified atom stereocenters. The van der Waals surface area contributed by atoms with E-state index in [2.05, 4.69) is 17.3 Å². The molecular weight excluding hydrogens is 220 g/mol. The largest absolute Gasteiger partial charge is 0.315 e. The van der Waals surface area contributed by atoms with Gasteiger partial charge in [0.2, 0.25) is 0 Å². The molecule has 2 nitrogen and oxygen atoms in total. The molecule has 0 aromatic heterocycles. The number of likely N-dealkylation sites (N-methyl/N-ethyl adjacent to an activating group) is 1. The molecule has 1 saturated heterocycles. The summed E-state index contributed by atoms with van der Waals surface area (Å²) < 4.78 is 0. The third-order valence-corrected chi connectivity index (χ3v) is 4.99. The standard InChI is InChI=1S/C16H32N2/c1-17-16(15-10-6-5-7-11-15)14-18-12-8-3-2-4-9-13-18/h15-17H,2-14H2,1H3. The van der Waals surface area contributed by atoms with Crippen LogP contribution in [0.25, 0.3) is 0 Å². The fourth-order valence-electron chi connectivity index (χ4n) is 3.79. The zero-order valence-corrected chi connectivity index (χ0v) is 12.3. The minimum Gasteiger partial charge on any atom is -0.315 e. The maximum absolute atomic E-state index is 3.61. The highest BCUT2D eigenvalue weighted by atomic mass is 15.1. The van der Waals surface area contributed by atoms with E-state index in [0.29, 0.717) is 0 Å². The van der Waals surface area contributed by atoms with Crippen LogP contribution in [0.3, 0.4) is 0 Å². The summed E-state index contributed by atoms with van der Waals surface area (Å²) in [5.41, 5.74) is 0. The molecule has 0 bridgehead atoms. The molecule has 0 radical (unpaired) electrons. The van der Waals surface area contributed by atoms with Crippen molar-refractivity contribution in [3.63, 3.8) is 0 Å². The molecule has 1 aliphatic heterocycles. The molecule has 0 aromatic carbocycles. The number of hydrogen-bond acceptors (Lipinski definition) is 2. The van der Waals surface area contributed by atoms with Crippen molar-refractivity contribution in [1.29, 1.82) is 0 Å². The maximum atomic E-state index is 3.61. The van der Waals surface area contributed by atoms with Crippen LogP contribution in [0.1, 0.15) is 64.2 Å². The molecule has 2 fully saturated rings. The Hall–Kier alpha value is -0.0800. The first-order chi connectivity index (χ1) is 8.90. The monoisotopic (exact) mass is 252 g/mol. The minimum absolute atomic E-state index is 0.740. The van der Waals surface area contributed by atoms with Gasteiger partial charge in [-0.3, -0.25) is 0 Å². The molecule has 2 rings (SSSR count). The second-order valence-corrected chi connectivity index (χ2v) is 6.36. The lowest BCUT2D eigenvalue weighted by Gasteiger charge is -2.35. The lowest BCUT2D eigenvalue weighted by Crippen LogP contribution is -2.45. The van der Waals surface area contributed by atoms with Gasteiger partial charge in [0.15, 0.2) is 0 Å². The average Bonchev–Trinajstić information content (AvgIpc) is 2.39. The van der Waals surface area contributed by atoms with E-state index in [1.54, 1.807) is 0 Å². The van der Waals surface area contributed by atoms with Gasteiger partial charge >= 0.3 is 0 Å². The first kappa shape index (κ1) is 14.3. The molecular formula is C16H32N2. The van der Waals surface area contributed by atoms with E-state index >= 15 is 0 Å². The Morgan fingerprint density at radius 3 is 2.06 bits per heavy atom. The Labute approximate surface area is 114 Å². The van der Waals surface area contributed by atoms with Crippen LogP contribution in [0.15, 0.2) is 0 Å². The zero-order valence-electron chi connectivity index (χ0n) is 12.3. The Bertz CT molecular complexity index is 203. The highest BCUT2D eigenvalue weighted by Gasteiger charge is 2.24. The first-order valence-corrected chi connectivity index (χ1v) is 8.30. The Morgan fingerprint density at radius 2 is 1.44 bits per heavy atom. The number of hydrogen-bond donors (Lipinski definition) is 1. The highest BCUT2D eigenvalue weighted by molar-refractivity contribution is 4.81. The van der Waals surface area contributed by atoms with E-state index in [1.807, 2.05) is 0 Å². The van der Waals surface area contributed by atoms with Crippen LogP contribution in [0, 0.1) is 5.92 Å². The quantitative estimate of drug-likeness (QED) is 0.825. The van der Waals surface area contributed by atoms with Crippen LogP contribution in [0.2, 0.25) is 0 Å². The van der Waals surface area contributed by atoms with Gasteiger partial charge in [0.05, 0.1) is 0 Å². The van der Waals surface area contributed by atoms with Crippen molar-refractivity contribution >= 4 is 0 Å². The van der Waals surface area contributed by atoms with E-state index in [0.717, 1.165) is 12.0 Å². The number of nitrogens with one attached hydrogen (secondary N) is 1. The smallest absolute Gasteiger partial charge is 0.0220 e. The average molecular weight is 252 g/mol. The van der Waals surface area contributed by atoms with Gasteiger partial charge in [-0.2, -0.15) is 0 Å². The van der Waals surface area contributed by atoms with Gasteiger partial charge in [0.25, 0.3) is 0 Å². The lowest BCUT2D eigenvalue weighted by atomic mass is 9.83. The van der Waals surface area contributed by atoms with Crippen molar-refractivity contribution in [2.75, 3.05) is 26.7 Å². The molecule has 1 heterocycles. The first-order valence-electron chi connectivity index (χ1n) is 8.30. The van der Waals surface area contributed by atoms with Gasteiger partial charge in [0.1, 0.15) is 0 Å². The summed E-state index contributed by atoms with van der Waals surface area (Å²) in [6.07, 6.45) is 14.5. The topological polar surface area (TPSA) is 15.3 Å². The van der Waals surface area contributed by atoms with Crippen LogP contribution in [0.5, 0.6) is 0 Å². The van der Waals surface area contributed by atoms with Gasteiger partial charge in [-0.05, 0) is 51.7 Å². The normalized spacial score (nSPS) is 26.5. The molecule has 1 N–H and O–H groups in total. The van der Waals surface area contributed by atoms with Crippen molar-refractivity contribution in [3.8, 4) is 0 Å².